The molecule has 1 fully saturated rings. The highest BCUT2D eigenvalue weighted by Gasteiger charge is 2.30. The van der Waals surface area contributed by atoms with E-state index in [2.05, 4.69) is 9.97 Å². The van der Waals surface area contributed by atoms with Crippen molar-refractivity contribution in [2.75, 3.05) is 14.1 Å². The van der Waals surface area contributed by atoms with Gasteiger partial charge in [0.05, 0.1) is 35.3 Å². The Morgan fingerprint density at radius 3 is 1.58 bits per heavy atom. The highest BCUT2D eigenvalue weighted by Crippen LogP contribution is 2.26. The number of amides is 2. The van der Waals surface area contributed by atoms with E-state index >= 15 is 0 Å². The van der Waals surface area contributed by atoms with Crippen molar-refractivity contribution >= 4 is 34.5 Å². The van der Waals surface area contributed by atoms with Crippen molar-refractivity contribution in [2.45, 2.75) is 50.6 Å². The number of rotatable bonds is 6. The molecule has 26 heavy (non-hydrogen) atoms. The Bertz CT molecular complexity index is 647. The van der Waals surface area contributed by atoms with Gasteiger partial charge < -0.3 is 9.80 Å². The van der Waals surface area contributed by atoms with Crippen LogP contribution >= 0.6 is 22.7 Å². The zero-order chi connectivity index (χ0) is 18.5. The number of likely N-dealkylation sites (N-methyl/N-ethyl adjacent to an activating group) is 2. The highest BCUT2D eigenvalue weighted by atomic mass is 32.1. The summed E-state index contributed by atoms with van der Waals surface area (Å²) in [6, 6.07) is 0.499. The molecule has 0 aliphatic heterocycles. The molecule has 0 radical (unpaired) electrons. The van der Waals surface area contributed by atoms with E-state index in [9.17, 15) is 9.59 Å². The molecule has 1 saturated carbocycles. The smallest absolute Gasteiger partial charge is 0.228 e. The molecule has 0 bridgehead atoms. The second-order valence-electron chi connectivity index (χ2n) is 6.78. The van der Waals surface area contributed by atoms with Crippen molar-refractivity contribution in [1.29, 1.82) is 0 Å². The summed E-state index contributed by atoms with van der Waals surface area (Å²) in [6.45, 7) is 0. The summed E-state index contributed by atoms with van der Waals surface area (Å²) in [5.74, 6) is 0.236. The van der Waals surface area contributed by atoms with Gasteiger partial charge in [-0.1, -0.05) is 0 Å². The largest absolute Gasteiger partial charge is 0.342 e. The van der Waals surface area contributed by atoms with Crippen LogP contribution in [0.5, 0.6) is 0 Å². The molecule has 2 aromatic heterocycles. The van der Waals surface area contributed by atoms with Crippen molar-refractivity contribution in [3.8, 4) is 0 Å². The Morgan fingerprint density at radius 2 is 1.27 bits per heavy atom. The van der Waals surface area contributed by atoms with Gasteiger partial charge in [-0.05, 0) is 25.7 Å². The average Bonchev–Trinajstić information content (AvgIpc) is 3.34. The van der Waals surface area contributed by atoms with Gasteiger partial charge in [0, 0.05) is 36.9 Å². The zero-order valence-corrected chi connectivity index (χ0v) is 16.8. The predicted molar refractivity (Wildman–Crippen MR) is 103 cm³/mol. The minimum absolute atomic E-state index is 0.118. The monoisotopic (exact) mass is 392 g/mol. The fraction of sp³-hybridized carbons (Fsp3) is 0.556. The number of hydrogen-bond acceptors (Lipinski definition) is 6. The van der Waals surface area contributed by atoms with Gasteiger partial charge in [0.2, 0.25) is 11.8 Å². The van der Waals surface area contributed by atoms with Crippen LogP contribution in [0.3, 0.4) is 0 Å². The molecule has 2 amide bonds. The molecule has 8 heteroatoms. The van der Waals surface area contributed by atoms with Gasteiger partial charge in [0.25, 0.3) is 0 Å². The first-order valence-corrected chi connectivity index (χ1v) is 10.7. The van der Waals surface area contributed by atoms with E-state index in [1.54, 1.807) is 11.0 Å². The van der Waals surface area contributed by atoms with Gasteiger partial charge in [-0.2, -0.15) is 0 Å². The van der Waals surface area contributed by atoms with Crippen LogP contribution in [-0.4, -0.2) is 57.8 Å². The zero-order valence-electron chi connectivity index (χ0n) is 15.1. The SMILES string of the molecule is CN(C(=O)Cc1cscn1)C1CCC(N(C)C(=O)Cc2cscn2)CC1. The summed E-state index contributed by atoms with van der Waals surface area (Å²) >= 11 is 3.03. The van der Waals surface area contributed by atoms with E-state index in [0.29, 0.717) is 12.8 Å². The Hall–Kier alpha value is -1.80. The van der Waals surface area contributed by atoms with Crippen LogP contribution in [0, 0.1) is 0 Å². The molecule has 0 unspecified atom stereocenters. The van der Waals surface area contributed by atoms with Crippen molar-refractivity contribution in [3.63, 3.8) is 0 Å². The van der Waals surface area contributed by atoms with Crippen LogP contribution in [-0.2, 0) is 22.4 Å². The van der Waals surface area contributed by atoms with E-state index in [1.807, 2.05) is 34.7 Å². The van der Waals surface area contributed by atoms with Gasteiger partial charge in [0.1, 0.15) is 0 Å². The fourth-order valence-corrected chi connectivity index (χ4v) is 4.57. The van der Waals surface area contributed by atoms with Crippen LogP contribution in [0.4, 0.5) is 0 Å². The number of carbonyl (C=O) groups excluding carboxylic acids is 2. The molecule has 0 atom stereocenters. The maximum absolute atomic E-state index is 12.4. The lowest BCUT2D eigenvalue weighted by Crippen LogP contribution is -2.46. The maximum atomic E-state index is 12.4. The molecule has 0 N–H and O–H groups in total. The van der Waals surface area contributed by atoms with Crippen LogP contribution in [0.25, 0.3) is 0 Å². The minimum Gasteiger partial charge on any atom is -0.342 e. The fourth-order valence-electron chi connectivity index (χ4n) is 3.45. The molecule has 0 aromatic carbocycles. The number of thiazole rings is 2. The third-order valence-corrected chi connectivity index (χ3v) is 6.45. The van der Waals surface area contributed by atoms with Crippen LogP contribution in [0.2, 0.25) is 0 Å². The second-order valence-corrected chi connectivity index (χ2v) is 8.22. The molecule has 0 spiro atoms. The maximum Gasteiger partial charge on any atom is 0.228 e. The second kappa shape index (κ2) is 8.73. The van der Waals surface area contributed by atoms with Crippen LogP contribution in [0.1, 0.15) is 37.1 Å². The molecule has 0 saturated heterocycles. The molecule has 2 aromatic rings. The Labute approximate surface area is 161 Å². The standard InChI is InChI=1S/C18H24N4O2S2/c1-21(17(23)7-13-9-25-11-19-13)15-3-5-16(6-4-15)22(2)18(24)8-14-10-26-12-20-14/h9-12,15-16H,3-8H2,1-2H3. The molecule has 6 nitrogen and oxygen atoms in total. The van der Waals surface area contributed by atoms with Gasteiger partial charge in [-0.3, -0.25) is 9.59 Å². The summed E-state index contributed by atoms with van der Waals surface area (Å²) < 4.78 is 0. The summed E-state index contributed by atoms with van der Waals surface area (Å²) in [6.07, 6.45) is 4.45. The molecule has 140 valence electrons. The summed E-state index contributed by atoms with van der Waals surface area (Å²) in [7, 11) is 3.77. The van der Waals surface area contributed by atoms with Crippen LogP contribution < -0.4 is 0 Å². The van der Waals surface area contributed by atoms with Crippen molar-refractivity contribution in [3.05, 3.63) is 33.2 Å². The first-order valence-electron chi connectivity index (χ1n) is 8.80. The normalized spacial score (nSPS) is 19.9. The number of carbonyl (C=O) groups is 2. The average molecular weight is 393 g/mol. The van der Waals surface area contributed by atoms with E-state index in [4.69, 9.17) is 0 Å². The third-order valence-electron chi connectivity index (χ3n) is 5.18. The van der Waals surface area contributed by atoms with Crippen molar-refractivity contribution < 1.29 is 9.59 Å². The molecule has 1 aliphatic carbocycles. The molecule has 3 rings (SSSR count). The Balaban J connectivity index is 1.47. The van der Waals surface area contributed by atoms with E-state index < -0.39 is 0 Å². The molecule has 1 aliphatic rings. The minimum atomic E-state index is 0.118. The first-order chi connectivity index (χ1) is 12.5. The van der Waals surface area contributed by atoms with E-state index in [1.165, 1.54) is 22.7 Å². The van der Waals surface area contributed by atoms with Gasteiger partial charge >= 0.3 is 0 Å². The first kappa shape index (κ1) is 19.0. The molecular weight excluding hydrogens is 368 g/mol. The van der Waals surface area contributed by atoms with E-state index in [0.717, 1.165) is 37.1 Å². The van der Waals surface area contributed by atoms with Crippen LogP contribution in [0.15, 0.2) is 21.8 Å². The summed E-state index contributed by atoms with van der Waals surface area (Å²) in [5.41, 5.74) is 5.19. The molecular formula is C18H24N4O2S2. The molecule has 2 heterocycles. The lowest BCUT2D eigenvalue weighted by Gasteiger charge is -2.38. The quantitative estimate of drug-likeness (QED) is 0.758. The summed E-state index contributed by atoms with van der Waals surface area (Å²) in [5, 5.41) is 3.84. The predicted octanol–water partition coefficient (Wildman–Crippen LogP) is 2.61. The van der Waals surface area contributed by atoms with Gasteiger partial charge in [-0.25, -0.2) is 9.97 Å². The number of hydrogen-bond donors (Lipinski definition) is 0. The van der Waals surface area contributed by atoms with Gasteiger partial charge in [-0.15, -0.1) is 22.7 Å². The van der Waals surface area contributed by atoms with Crippen molar-refractivity contribution in [1.82, 2.24) is 19.8 Å². The Kier molecular flexibility index (Phi) is 6.37. The summed E-state index contributed by atoms with van der Waals surface area (Å²) in [4.78, 5) is 37.0. The van der Waals surface area contributed by atoms with E-state index in [-0.39, 0.29) is 23.9 Å². The Morgan fingerprint density at radius 1 is 0.885 bits per heavy atom. The highest BCUT2D eigenvalue weighted by molar-refractivity contribution is 7.07. The third kappa shape index (κ3) is 4.67. The topological polar surface area (TPSA) is 66.4 Å². The lowest BCUT2D eigenvalue weighted by atomic mass is 9.89. The number of aromatic nitrogens is 2. The number of nitrogens with zero attached hydrogens (tertiary/aromatic N) is 4. The lowest BCUT2D eigenvalue weighted by molar-refractivity contribution is -0.135. The van der Waals surface area contributed by atoms with Gasteiger partial charge in [0.15, 0.2) is 0 Å². The van der Waals surface area contributed by atoms with Crippen molar-refractivity contribution in [2.24, 2.45) is 0 Å².